The molecule has 5 nitrogen and oxygen atoms in total. The van der Waals surface area contributed by atoms with E-state index in [2.05, 4.69) is 24.2 Å². The third-order valence-corrected chi connectivity index (χ3v) is 3.49. The Balaban J connectivity index is 1.89. The molecule has 0 bridgehead atoms. The number of carbonyl (C=O) groups excluding carboxylic acids is 1. The van der Waals surface area contributed by atoms with E-state index in [1.54, 1.807) is 0 Å². The summed E-state index contributed by atoms with van der Waals surface area (Å²) in [7, 11) is 2.10. The molecule has 5 heteroatoms. The molecule has 2 aliphatic rings. The summed E-state index contributed by atoms with van der Waals surface area (Å²) in [6.07, 6.45) is 2.49. The Kier molecular flexibility index (Phi) is 4.36. The van der Waals surface area contributed by atoms with E-state index in [4.69, 9.17) is 4.74 Å². The molecule has 0 aromatic heterocycles. The Morgan fingerprint density at radius 2 is 2.35 bits per heavy atom. The summed E-state index contributed by atoms with van der Waals surface area (Å²) in [6, 6.07) is 0. The van der Waals surface area contributed by atoms with Crippen molar-refractivity contribution in [2.24, 2.45) is 0 Å². The molecule has 2 rings (SSSR count). The molecule has 2 fully saturated rings. The van der Waals surface area contributed by atoms with Crippen molar-refractivity contribution in [1.29, 1.82) is 0 Å². The third kappa shape index (κ3) is 3.18. The van der Waals surface area contributed by atoms with E-state index in [9.17, 15) is 4.79 Å². The van der Waals surface area contributed by atoms with Gasteiger partial charge in [0, 0.05) is 19.6 Å². The lowest BCUT2D eigenvalue weighted by molar-refractivity contribution is -0.131. The summed E-state index contributed by atoms with van der Waals surface area (Å²) in [4.78, 5) is 16.0. The average Bonchev–Trinajstić information content (AvgIpc) is 2.62. The van der Waals surface area contributed by atoms with Crippen molar-refractivity contribution in [1.82, 2.24) is 15.1 Å². The number of amides is 1. The maximum absolute atomic E-state index is 11.8. The summed E-state index contributed by atoms with van der Waals surface area (Å²) in [5.41, 5.74) is 0. The third-order valence-electron chi connectivity index (χ3n) is 3.49. The lowest BCUT2D eigenvalue weighted by atomic mass is 10.2. The van der Waals surface area contributed by atoms with E-state index >= 15 is 0 Å². The Labute approximate surface area is 103 Å². The first-order valence-electron chi connectivity index (χ1n) is 6.53. The molecular weight excluding hydrogens is 218 g/mol. The topological polar surface area (TPSA) is 44.8 Å². The SMILES string of the molecule is CCCC1NCC(=O)N1CC1CN(C)CCO1. The summed E-state index contributed by atoms with van der Waals surface area (Å²) in [6.45, 7) is 6.03. The minimum Gasteiger partial charge on any atom is -0.374 e. The van der Waals surface area contributed by atoms with Crippen LogP contribution in [0.4, 0.5) is 0 Å². The zero-order valence-corrected chi connectivity index (χ0v) is 10.8. The van der Waals surface area contributed by atoms with Crippen molar-refractivity contribution in [3.63, 3.8) is 0 Å². The van der Waals surface area contributed by atoms with Crippen LogP contribution in [0.3, 0.4) is 0 Å². The van der Waals surface area contributed by atoms with Crippen molar-refractivity contribution in [2.75, 3.05) is 39.8 Å². The molecule has 0 saturated carbocycles. The molecular formula is C12H23N3O2. The summed E-state index contributed by atoms with van der Waals surface area (Å²) in [5, 5.41) is 3.27. The van der Waals surface area contributed by atoms with E-state index in [1.165, 1.54) is 0 Å². The van der Waals surface area contributed by atoms with E-state index in [0.29, 0.717) is 6.54 Å². The average molecular weight is 241 g/mol. The zero-order valence-electron chi connectivity index (χ0n) is 10.8. The zero-order chi connectivity index (χ0) is 12.3. The van der Waals surface area contributed by atoms with Gasteiger partial charge in [-0.25, -0.2) is 0 Å². The highest BCUT2D eigenvalue weighted by atomic mass is 16.5. The van der Waals surface area contributed by atoms with E-state index < -0.39 is 0 Å². The second kappa shape index (κ2) is 5.80. The molecule has 2 unspecified atom stereocenters. The van der Waals surface area contributed by atoms with Gasteiger partial charge >= 0.3 is 0 Å². The van der Waals surface area contributed by atoms with Crippen molar-refractivity contribution >= 4 is 5.91 Å². The summed E-state index contributed by atoms with van der Waals surface area (Å²) < 4.78 is 5.72. The number of likely N-dealkylation sites (N-methyl/N-ethyl adjacent to an activating group) is 1. The number of hydrogen-bond donors (Lipinski definition) is 1. The van der Waals surface area contributed by atoms with Gasteiger partial charge in [-0.2, -0.15) is 0 Å². The molecule has 2 atom stereocenters. The monoisotopic (exact) mass is 241 g/mol. The molecule has 2 saturated heterocycles. The van der Waals surface area contributed by atoms with Gasteiger partial charge in [0.15, 0.2) is 0 Å². The van der Waals surface area contributed by atoms with Crippen LogP contribution in [-0.4, -0.2) is 67.8 Å². The molecule has 0 radical (unpaired) electrons. The first-order valence-corrected chi connectivity index (χ1v) is 6.53. The quantitative estimate of drug-likeness (QED) is 0.745. The van der Waals surface area contributed by atoms with Crippen molar-refractivity contribution in [2.45, 2.75) is 32.0 Å². The van der Waals surface area contributed by atoms with Crippen molar-refractivity contribution in [3.05, 3.63) is 0 Å². The van der Waals surface area contributed by atoms with Gasteiger partial charge in [0.1, 0.15) is 0 Å². The molecule has 2 aliphatic heterocycles. The summed E-state index contributed by atoms with van der Waals surface area (Å²) in [5.74, 6) is 0.209. The molecule has 17 heavy (non-hydrogen) atoms. The van der Waals surface area contributed by atoms with Gasteiger partial charge in [-0.15, -0.1) is 0 Å². The fourth-order valence-corrected chi connectivity index (χ4v) is 2.55. The normalized spacial score (nSPS) is 31.2. The predicted molar refractivity (Wildman–Crippen MR) is 65.6 cm³/mol. The minimum absolute atomic E-state index is 0.164. The van der Waals surface area contributed by atoms with Crippen LogP contribution in [0.1, 0.15) is 19.8 Å². The van der Waals surface area contributed by atoms with Crippen molar-refractivity contribution < 1.29 is 9.53 Å². The van der Waals surface area contributed by atoms with Crippen LogP contribution in [-0.2, 0) is 9.53 Å². The number of ether oxygens (including phenoxy) is 1. The standard InChI is InChI=1S/C12H23N3O2/c1-3-4-11-13-7-12(16)15(11)9-10-8-14(2)5-6-17-10/h10-11,13H,3-9H2,1-2H3. The Morgan fingerprint density at radius 1 is 1.53 bits per heavy atom. The number of carbonyl (C=O) groups is 1. The van der Waals surface area contributed by atoms with Crippen LogP contribution in [0, 0.1) is 0 Å². The van der Waals surface area contributed by atoms with Gasteiger partial charge in [0.05, 0.1) is 25.4 Å². The largest absolute Gasteiger partial charge is 0.374 e. The molecule has 1 amide bonds. The number of nitrogens with zero attached hydrogens (tertiary/aromatic N) is 2. The lowest BCUT2D eigenvalue weighted by Crippen LogP contribution is -2.49. The number of hydrogen-bond acceptors (Lipinski definition) is 4. The van der Waals surface area contributed by atoms with Gasteiger partial charge in [-0.3, -0.25) is 10.1 Å². The Bertz CT molecular complexity index is 272. The van der Waals surface area contributed by atoms with Crippen molar-refractivity contribution in [3.8, 4) is 0 Å². The maximum atomic E-state index is 11.8. The second-order valence-electron chi connectivity index (χ2n) is 4.99. The number of rotatable bonds is 4. The minimum atomic E-state index is 0.164. The molecule has 98 valence electrons. The summed E-state index contributed by atoms with van der Waals surface area (Å²) >= 11 is 0. The van der Waals surface area contributed by atoms with Crippen LogP contribution in [0.25, 0.3) is 0 Å². The molecule has 1 N–H and O–H groups in total. The second-order valence-corrected chi connectivity index (χ2v) is 4.99. The van der Waals surface area contributed by atoms with Crippen LogP contribution in [0.15, 0.2) is 0 Å². The molecule has 0 aromatic carbocycles. The fraction of sp³-hybridized carbons (Fsp3) is 0.917. The van der Waals surface area contributed by atoms with E-state index in [0.717, 1.165) is 39.1 Å². The van der Waals surface area contributed by atoms with Gasteiger partial charge < -0.3 is 14.5 Å². The van der Waals surface area contributed by atoms with Gasteiger partial charge in [-0.05, 0) is 13.5 Å². The molecule has 0 spiro atoms. The fourth-order valence-electron chi connectivity index (χ4n) is 2.55. The van der Waals surface area contributed by atoms with Crippen LogP contribution < -0.4 is 5.32 Å². The lowest BCUT2D eigenvalue weighted by Gasteiger charge is -2.34. The molecule has 0 aromatic rings. The van der Waals surface area contributed by atoms with E-state index in [1.807, 2.05) is 4.90 Å². The highest BCUT2D eigenvalue weighted by molar-refractivity contribution is 5.80. The highest BCUT2D eigenvalue weighted by Gasteiger charge is 2.32. The first-order chi connectivity index (χ1) is 8.20. The van der Waals surface area contributed by atoms with E-state index in [-0.39, 0.29) is 18.2 Å². The Morgan fingerprint density at radius 3 is 3.06 bits per heavy atom. The molecule has 0 aliphatic carbocycles. The number of morpholine rings is 1. The van der Waals surface area contributed by atoms with Crippen LogP contribution in [0.2, 0.25) is 0 Å². The maximum Gasteiger partial charge on any atom is 0.237 e. The number of nitrogens with one attached hydrogen (secondary N) is 1. The van der Waals surface area contributed by atoms with Gasteiger partial charge in [0.25, 0.3) is 0 Å². The highest BCUT2D eigenvalue weighted by Crippen LogP contribution is 2.14. The van der Waals surface area contributed by atoms with Gasteiger partial charge in [0.2, 0.25) is 5.91 Å². The van der Waals surface area contributed by atoms with Gasteiger partial charge in [-0.1, -0.05) is 13.3 Å². The van der Waals surface area contributed by atoms with Crippen LogP contribution >= 0.6 is 0 Å². The van der Waals surface area contributed by atoms with Crippen LogP contribution in [0.5, 0.6) is 0 Å². The smallest absolute Gasteiger partial charge is 0.237 e. The predicted octanol–water partition coefficient (Wildman–Crippen LogP) is -0.125. The molecule has 2 heterocycles. The Hall–Kier alpha value is -0.650. The first kappa shape index (κ1) is 12.8.